The molecule has 0 saturated carbocycles. The van der Waals surface area contributed by atoms with Crippen molar-refractivity contribution in [2.45, 2.75) is 83.2 Å². The summed E-state index contributed by atoms with van der Waals surface area (Å²) in [5.74, 6) is -0.108. The topological polar surface area (TPSA) is 120 Å². The lowest BCUT2D eigenvalue weighted by molar-refractivity contribution is -0.253. The highest BCUT2D eigenvalue weighted by Crippen LogP contribution is 2.39. The van der Waals surface area contributed by atoms with Crippen molar-refractivity contribution in [2.24, 2.45) is 0 Å². The molecule has 2 amide bonds. The summed E-state index contributed by atoms with van der Waals surface area (Å²) in [6.07, 6.45) is 1.68. The number of hydrogen-bond acceptors (Lipinski definition) is 7. The first kappa shape index (κ1) is 34.3. The zero-order chi connectivity index (χ0) is 32.2. The van der Waals surface area contributed by atoms with Gasteiger partial charge in [0.1, 0.15) is 0 Å². The molecule has 3 aromatic carbocycles. The predicted octanol–water partition coefficient (Wildman–Crippen LogP) is 5.41. The SMILES string of the molecule is CC(=O)NCCCCCC(=O)Nc1cccc([C@H]2O[C@@H](CN(C)[C@H](C)[C@@H](O)c3ccccc3)C[C@@H](c3ccc(CO)cc3)O2)c1. The Hall–Kier alpha value is -3.60. The van der Waals surface area contributed by atoms with Crippen LogP contribution in [-0.2, 0) is 25.7 Å². The second-order valence-corrected chi connectivity index (χ2v) is 11.9. The molecule has 1 saturated heterocycles. The Kier molecular flexibility index (Phi) is 13.1. The van der Waals surface area contributed by atoms with Crippen molar-refractivity contribution in [2.75, 3.05) is 25.5 Å². The van der Waals surface area contributed by atoms with E-state index in [9.17, 15) is 19.8 Å². The molecule has 45 heavy (non-hydrogen) atoms. The van der Waals surface area contributed by atoms with E-state index in [-0.39, 0.29) is 36.7 Å². The van der Waals surface area contributed by atoms with Gasteiger partial charge < -0.3 is 30.3 Å². The number of aliphatic hydroxyl groups excluding tert-OH is 2. The minimum absolute atomic E-state index is 0.0256. The number of unbranched alkanes of at least 4 members (excludes halogenated alkanes) is 2. The number of amides is 2. The van der Waals surface area contributed by atoms with E-state index >= 15 is 0 Å². The minimum atomic E-state index is -0.667. The zero-order valence-electron chi connectivity index (χ0n) is 26.5. The molecule has 1 heterocycles. The van der Waals surface area contributed by atoms with Crippen LogP contribution in [0.1, 0.15) is 86.7 Å². The number of hydrogen-bond donors (Lipinski definition) is 4. The van der Waals surface area contributed by atoms with Crippen LogP contribution < -0.4 is 10.6 Å². The smallest absolute Gasteiger partial charge is 0.224 e. The molecule has 1 aliphatic rings. The summed E-state index contributed by atoms with van der Waals surface area (Å²) >= 11 is 0. The number of anilines is 1. The van der Waals surface area contributed by atoms with Crippen LogP contribution in [0.2, 0.25) is 0 Å². The lowest BCUT2D eigenvalue weighted by Crippen LogP contribution is -2.43. The normalized spacial score (nSPS) is 19.6. The number of rotatable bonds is 15. The zero-order valence-corrected chi connectivity index (χ0v) is 26.5. The van der Waals surface area contributed by atoms with Gasteiger partial charge in [-0.15, -0.1) is 0 Å². The predicted molar refractivity (Wildman–Crippen MR) is 174 cm³/mol. The van der Waals surface area contributed by atoms with E-state index in [0.717, 1.165) is 41.5 Å². The van der Waals surface area contributed by atoms with Crippen LogP contribution in [0.15, 0.2) is 78.9 Å². The summed E-state index contributed by atoms with van der Waals surface area (Å²) in [6.45, 7) is 4.68. The molecule has 0 spiro atoms. The van der Waals surface area contributed by atoms with Gasteiger partial charge in [0.2, 0.25) is 11.8 Å². The van der Waals surface area contributed by atoms with E-state index in [1.165, 1.54) is 6.92 Å². The fourth-order valence-electron chi connectivity index (χ4n) is 5.53. The van der Waals surface area contributed by atoms with Crippen molar-refractivity contribution in [3.05, 3.63) is 101 Å². The standard InChI is InChI=1S/C36H47N3O6/c1-25(35(43)29-11-6-4-7-12-29)39(3)23-32-22-33(28-18-16-27(24-40)17-19-28)45-36(44-32)30-13-10-14-31(21-30)38-34(42)15-8-5-9-20-37-26(2)41/h4,6-7,10-14,16-19,21,25,32-33,35-36,40,43H,5,8-9,15,20,22-24H2,1-3H3,(H,37,41)(H,38,42)/t25-,32-,33+,35-,36+/m1/s1. The van der Waals surface area contributed by atoms with Gasteiger partial charge in [0.05, 0.1) is 24.9 Å². The van der Waals surface area contributed by atoms with Gasteiger partial charge in [-0.1, -0.05) is 73.2 Å². The highest BCUT2D eigenvalue weighted by Gasteiger charge is 2.34. The second kappa shape index (κ2) is 17.2. The molecule has 0 bridgehead atoms. The van der Waals surface area contributed by atoms with Crippen LogP contribution in [0.3, 0.4) is 0 Å². The summed E-state index contributed by atoms with van der Waals surface area (Å²) in [6, 6.07) is 24.8. The lowest BCUT2D eigenvalue weighted by atomic mass is 9.98. The molecule has 0 radical (unpaired) electrons. The first-order valence-electron chi connectivity index (χ1n) is 15.8. The fourth-order valence-corrected chi connectivity index (χ4v) is 5.53. The third-order valence-electron chi connectivity index (χ3n) is 8.30. The number of nitrogens with one attached hydrogen (secondary N) is 2. The first-order chi connectivity index (χ1) is 21.7. The Bertz CT molecular complexity index is 1350. The Labute approximate surface area is 266 Å². The molecule has 0 aromatic heterocycles. The number of ether oxygens (including phenoxy) is 2. The Morgan fingerprint density at radius 1 is 0.956 bits per heavy atom. The fraction of sp³-hybridized carbons (Fsp3) is 0.444. The number of carbonyl (C=O) groups is 2. The molecule has 9 heteroatoms. The van der Waals surface area contributed by atoms with Gasteiger partial charge in [-0.25, -0.2) is 0 Å². The second-order valence-electron chi connectivity index (χ2n) is 11.9. The quantitative estimate of drug-likeness (QED) is 0.168. The molecule has 1 fully saturated rings. The monoisotopic (exact) mass is 617 g/mol. The maximum absolute atomic E-state index is 12.6. The number of carbonyl (C=O) groups excluding carboxylic acids is 2. The molecule has 4 N–H and O–H groups in total. The van der Waals surface area contributed by atoms with E-state index in [1.807, 2.05) is 92.8 Å². The average Bonchev–Trinajstić information content (AvgIpc) is 3.06. The Morgan fingerprint density at radius 3 is 2.42 bits per heavy atom. The van der Waals surface area contributed by atoms with Gasteiger partial charge in [-0.05, 0) is 55.6 Å². The van der Waals surface area contributed by atoms with Crippen LogP contribution in [0.5, 0.6) is 0 Å². The minimum Gasteiger partial charge on any atom is -0.392 e. The van der Waals surface area contributed by atoms with Crippen LogP contribution in [-0.4, -0.2) is 59.2 Å². The average molecular weight is 618 g/mol. The number of aliphatic hydroxyl groups is 2. The Balaban J connectivity index is 1.43. The summed E-state index contributed by atoms with van der Waals surface area (Å²) in [7, 11) is 1.99. The summed E-state index contributed by atoms with van der Waals surface area (Å²) in [5, 5.41) is 26.3. The van der Waals surface area contributed by atoms with Crippen LogP contribution in [0.4, 0.5) is 5.69 Å². The maximum Gasteiger partial charge on any atom is 0.224 e. The van der Waals surface area contributed by atoms with Crippen molar-refractivity contribution in [3.8, 4) is 0 Å². The lowest BCUT2D eigenvalue weighted by Gasteiger charge is -2.39. The van der Waals surface area contributed by atoms with Gasteiger partial charge in [0.25, 0.3) is 0 Å². The van der Waals surface area contributed by atoms with E-state index in [0.29, 0.717) is 31.6 Å². The van der Waals surface area contributed by atoms with Crippen molar-refractivity contribution in [3.63, 3.8) is 0 Å². The molecule has 5 atom stereocenters. The molecule has 4 rings (SSSR count). The number of benzene rings is 3. The third-order valence-corrected chi connectivity index (χ3v) is 8.30. The number of likely N-dealkylation sites (N-methyl/N-ethyl adjacent to an activating group) is 1. The third kappa shape index (κ3) is 10.5. The first-order valence-corrected chi connectivity index (χ1v) is 15.8. The van der Waals surface area contributed by atoms with E-state index < -0.39 is 12.4 Å². The van der Waals surface area contributed by atoms with Gasteiger partial charge >= 0.3 is 0 Å². The summed E-state index contributed by atoms with van der Waals surface area (Å²) in [5.41, 5.74) is 4.16. The van der Waals surface area contributed by atoms with E-state index in [2.05, 4.69) is 15.5 Å². The molecular weight excluding hydrogens is 570 g/mol. The Morgan fingerprint density at radius 2 is 1.71 bits per heavy atom. The largest absolute Gasteiger partial charge is 0.392 e. The van der Waals surface area contributed by atoms with Gasteiger partial charge in [-0.2, -0.15) is 0 Å². The van der Waals surface area contributed by atoms with Crippen LogP contribution in [0, 0.1) is 0 Å². The maximum atomic E-state index is 12.6. The molecule has 0 unspecified atom stereocenters. The van der Waals surface area contributed by atoms with Gasteiger partial charge in [-0.3, -0.25) is 14.5 Å². The molecule has 9 nitrogen and oxygen atoms in total. The highest BCUT2D eigenvalue weighted by atomic mass is 16.7. The van der Waals surface area contributed by atoms with E-state index in [4.69, 9.17) is 9.47 Å². The van der Waals surface area contributed by atoms with Crippen molar-refractivity contribution < 1.29 is 29.3 Å². The number of nitrogens with zero attached hydrogens (tertiary/aromatic N) is 1. The van der Waals surface area contributed by atoms with Crippen molar-refractivity contribution in [1.29, 1.82) is 0 Å². The van der Waals surface area contributed by atoms with Gasteiger partial charge in [0.15, 0.2) is 6.29 Å². The van der Waals surface area contributed by atoms with Crippen molar-refractivity contribution >= 4 is 17.5 Å². The van der Waals surface area contributed by atoms with E-state index in [1.54, 1.807) is 0 Å². The highest BCUT2D eigenvalue weighted by molar-refractivity contribution is 5.90. The van der Waals surface area contributed by atoms with Crippen LogP contribution in [0.25, 0.3) is 0 Å². The molecule has 3 aromatic rings. The van der Waals surface area contributed by atoms with Crippen LogP contribution >= 0.6 is 0 Å². The van der Waals surface area contributed by atoms with Crippen molar-refractivity contribution in [1.82, 2.24) is 10.2 Å². The molecule has 1 aliphatic heterocycles. The molecule has 0 aliphatic carbocycles. The van der Waals surface area contributed by atoms with Gasteiger partial charge in [0, 0.05) is 50.1 Å². The summed E-state index contributed by atoms with van der Waals surface area (Å²) in [4.78, 5) is 25.7. The summed E-state index contributed by atoms with van der Waals surface area (Å²) < 4.78 is 13.0. The molecule has 242 valence electrons. The molecular formula is C36H47N3O6.